The molecule has 0 spiro atoms. The molecule has 0 saturated heterocycles. The van der Waals surface area contributed by atoms with Gasteiger partial charge in [0, 0.05) is 6.20 Å². The fourth-order valence-corrected chi connectivity index (χ4v) is 1.16. The smallest absolute Gasteiger partial charge is 0.184 e. The molecule has 1 aliphatic heterocycles. The van der Waals surface area contributed by atoms with E-state index in [4.69, 9.17) is 4.74 Å². The van der Waals surface area contributed by atoms with Gasteiger partial charge in [-0.05, 0) is 19.9 Å². The van der Waals surface area contributed by atoms with Gasteiger partial charge in [-0.3, -0.25) is 10.1 Å². The first-order valence-electron chi connectivity index (χ1n) is 4.11. The molecule has 0 saturated carbocycles. The van der Waals surface area contributed by atoms with Crippen molar-refractivity contribution in [3.05, 3.63) is 29.9 Å². The normalized spacial score (nSPS) is 26.8. The first-order chi connectivity index (χ1) is 6.21. The fourth-order valence-electron chi connectivity index (χ4n) is 1.16. The minimum atomic E-state index is -0.528. The van der Waals surface area contributed by atoms with Crippen LogP contribution in [0.5, 0.6) is 0 Å². The topological polar surface area (TPSA) is 50.3 Å². The summed E-state index contributed by atoms with van der Waals surface area (Å²) in [4.78, 5) is 4.20. The molecule has 4 heteroatoms. The van der Waals surface area contributed by atoms with Crippen LogP contribution in [0.1, 0.15) is 19.5 Å². The second-order valence-corrected chi connectivity index (χ2v) is 3.20. The number of nitrogens with zero attached hydrogens (tertiary/aromatic N) is 2. The van der Waals surface area contributed by atoms with Crippen LogP contribution in [-0.2, 0) is 10.3 Å². The number of hydrogen-bond donors (Lipinski definition) is 1. The van der Waals surface area contributed by atoms with E-state index in [1.54, 1.807) is 18.7 Å². The molecular formula is C9H11N3O. The summed E-state index contributed by atoms with van der Waals surface area (Å²) in [5.41, 5.74) is 1.17. The van der Waals surface area contributed by atoms with Crippen molar-refractivity contribution >= 4 is 6.21 Å². The Kier molecular flexibility index (Phi) is 1.69. The zero-order valence-corrected chi connectivity index (χ0v) is 7.61. The van der Waals surface area contributed by atoms with Crippen LogP contribution in [0, 0.1) is 0 Å². The minimum absolute atomic E-state index is 0.528. The summed E-state index contributed by atoms with van der Waals surface area (Å²) in [6.07, 6.45) is 5.18. The highest BCUT2D eigenvalue weighted by atomic mass is 16.5. The molecule has 0 bridgehead atoms. The molecule has 0 radical (unpaired) electrons. The quantitative estimate of drug-likeness (QED) is 0.708. The Labute approximate surface area is 76.3 Å². The van der Waals surface area contributed by atoms with E-state index in [0.29, 0.717) is 0 Å². The molecule has 0 amide bonds. The van der Waals surface area contributed by atoms with Crippen molar-refractivity contribution in [3.63, 3.8) is 0 Å². The molecule has 1 N–H and O–H groups in total. The molecule has 13 heavy (non-hydrogen) atoms. The van der Waals surface area contributed by atoms with Crippen LogP contribution in [0.3, 0.4) is 0 Å². The molecule has 1 aromatic rings. The lowest BCUT2D eigenvalue weighted by atomic mass is 10.0. The summed E-state index contributed by atoms with van der Waals surface area (Å²) in [5, 5.41) is 6.82. The Morgan fingerprint density at radius 3 is 2.92 bits per heavy atom. The van der Waals surface area contributed by atoms with Crippen LogP contribution in [0.25, 0.3) is 0 Å². The monoisotopic (exact) mass is 177 g/mol. The van der Waals surface area contributed by atoms with Gasteiger partial charge >= 0.3 is 0 Å². The van der Waals surface area contributed by atoms with Crippen LogP contribution in [0.4, 0.5) is 0 Å². The van der Waals surface area contributed by atoms with Gasteiger partial charge in [0.05, 0.1) is 11.9 Å². The largest absolute Gasteiger partial charge is 0.481 e. The number of ether oxygens (including phenoxy) is 1. The maximum absolute atomic E-state index is 5.53. The summed E-state index contributed by atoms with van der Waals surface area (Å²) < 4.78 is 5.53. The number of H-pyrrole nitrogens is 1. The van der Waals surface area contributed by atoms with Gasteiger partial charge < -0.3 is 4.74 Å². The molecule has 68 valence electrons. The highest BCUT2D eigenvalue weighted by Gasteiger charge is 2.29. The average molecular weight is 177 g/mol. The van der Waals surface area contributed by atoms with E-state index in [2.05, 4.69) is 15.2 Å². The van der Waals surface area contributed by atoms with E-state index in [9.17, 15) is 0 Å². The number of rotatable bonds is 1. The van der Waals surface area contributed by atoms with E-state index >= 15 is 0 Å². The van der Waals surface area contributed by atoms with Gasteiger partial charge in [0.1, 0.15) is 12.0 Å². The number of aromatic amines is 1. The van der Waals surface area contributed by atoms with Gasteiger partial charge in [-0.25, -0.2) is 0 Å². The SMILES string of the molecule is CC1=COC(C)(c2cc[nH]n2)C=N1. The summed E-state index contributed by atoms with van der Waals surface area (Å²) >= 11 is 0. The van der Waals surface area contributed by atoms with Crippen molar-refractivity contribution in [2.75, 3.05) is 0 Å². The second-order valence-electron chi connectivity index (χ2n) is 3.20. The van der Waals surface area contributed by atoms with Crippen LogP contribution in [0.2, 0.25) is 0 Å². The lowest BCUT2D eigenvalue weighted by Gasteiger charge is -2.25. The zero-order valence-electron chi connectivity index (χ0n) is 7.61. The van der Waals surface area contributed by atoms with E-state index in [-0.39, 0.29) is 0 Å². The van der Waals surface area contributed by atoms with Crippen molar-refractivity contribution in [3.8, 4) is 0 Å². The molecule has 1 atom stereocenters. The number of nitrogens with one attached hydrogen (secondary N) is 1. The van der Waals surface area contributed by atoms with E-state index in [1.807, 2.05) is 19.9 Å². The van der Waals surface area contributed by atoms with Gasteiger partial charge in [0.15, 0.2) is 5.60 Å². The predicted molar refractivity (Wildman–Crippen MR) is 49.3 cm³/mol. The molecule has 0 aromatic carbocycles. The average Bonchev–Trinajstić information content (AvgIpc) is 2.63. The Hall–Kier alpha value is -1.58. The van der Waals surface area contributed by atoms with Crippen molar-refractivity contribution < 1.29 is 4.74 Å². The van der Waals surface area contributed by atoms with Crippen molar-refractivity contribution in [2.24, 2.45) is 4.99 Å². The first kappa shape index (κ1) is 8.04. The number of aliphatic imine (C=N–C) groups is 1. The first-order valence-corrected chi connectivity index (χ1v) is 4.11. The van der Waals surface area contributed by atoms with Crippen LogP contribution in [-0.4, -0.2) is 16.4 Å². The predicted octanol–water partition coefficient (Wildman–Crippen LogP) is 1.59. The zero-order chi connectivity index (χ0) is 9.31. The summed E-state index contributed by atoms with van der Waals surface area (Å²) in [6, 6.07) is 1.88. The molecule has 1 aliphatic rings. The Morgan fingerprint density at radius 1 is 1.54 bits per heavy atom. The number of aromatic nitrogens is 2. The van der Waals surface area contributed by atoms with E-state index < -0.39 is 5.60 Å². The summed E-state index contributed by atoms with van der Waals surface area (Å²) in [7, 11) is 0. The van der Waals surface area contributed by atoms with Gasteiger partial charge in [0.2, 0.25) is 0 Å². The molecule has 2 rings (SSSR count). The summed E-state index contributed by atoms with van der Waals surface area (Å²) in [6.45, 7) is 3.82. The standard InChI is InChI=1S/C9H11N3O/c1-7-5-13-9(2,6-10-7)8-3-4-11-12-8/h3-6H,1-2H3,(H,11,12). The Morgan fingerprint density at radius 2 is 2.38 bits per heavy atom. The molecule has 1 aromatic heterocycles. The van der Waals surface area contributed by atoms with Crippen molar-refractivity contribution in [2.45, 2.75) is 19.4 Å². The third kappa shape index (κ3) is 1.35. The van der Waals surface area contributed by atoms with Crippen LogP contribution < -0.4 is 0 Å². The van der Waals surface area contributed by atoms with Crippen LogP contribution in [0.15, 0.2) is 29.2 Å². The summed E-state index contributed by atoms with van der Waals surface area (Å²) in [5.74, 6) is 0. The molecular weight excluding hydrogens is 166 g/mol. The molecule has 1 unspecified atom stereocenters. The van der Waals surface area contributed by atoms with E-state index in [0.717, 1.165) is 11.4 Å². The minimum Gasteiger partial charge on any atom is -0.481 e. The van der Waals surface area contributed by atoms with Gasteiger partial charge in [-0.15, -0.1) is 0 Å². The lowest BCUT2D eigenvalue weighted by Crippen LogP contribution is -2.28. The maximum atomic E-state index is 5.53. The molecule has 0 aliphatic carbocycles. The third-order valence-corrected chi connectivity index (χ3v) is 2.00. The van der Waals surface area contributed by atoms with E-state index in [1.165, 1.54) is 0 Å². The van der Waals surface area contributed by atoms with Crippen molar-refractivity contribution in [1.82, 2.24) is 10.2 Å². The highest BCUT2D eigenvalue weighted by Crippen LogP contribution is 2.25. The molecule has 2 heterocycles. The van der Waals surface area contributed by atoms with Gasteiger partial charge in [-0.2, -0.15) is 5.10 Å². The Bertz CT molecular complexity index is 353. The second kappa shape index (κ2) is 2.73. The van der Waals surface area contributed by atoms with Gasteiger partial charge in [-0.1, -0.05) is 0 Å². The highest BCUT2D eigenvalue weighted by molar-refractivity contribution is 5.72. The molecule has 4 nitrogen and oxygen atoms in total. The van der Waals surface area contributed by atoms with Gasteiger partial charge in [0.25, 0.3) is 0 Å². The lowest BCUT2D eigenvalue weighted by molar-refractivity contribution is 0.0987. The van der Waals surface area contributed by atoms with Crippen molar-refractivity contribution in [1.29, 1.82) is 0 Å². The van der Waals surface area contributed by atoms with Crippen LogP contribution >= 0.6 is 0 Å². The number of hydrogen-bond acceptors (Lipinski definition) is 3. The molecule has 0 fully saturated rings. The number of allylic oxidation sites excluding steroid dienone is 1. The fraction of sp³-hybridized carbons (Fsp3) is 0.333. The third-order valence-electron chi connectivity index (χ3n) is 2.00. The maximum Gasteiger partial charge on any atom is 0.184 e. The Balaban J connectivity index is 2.30.